The van der Waals surface area contributed by atoms with Crippen molar-refractivity contribution < 1.29 is 19.1 Å². The fourth-order valence-corrected chi connectivity index (χ4v) is 2.92. The van der Waals surface area contributed by atoms with E-state index in [-0.39, 0.29) is 11.8 Å². The minimum atomic E-state index is -0.717. The summed E-state index contributed by atoms with van der Waals surface area (Å²) in [4.78, 5) is 29.1. The van der Waals surface area contributed by atoms with Crippen LogP contribution in [0.15, 0.2) is 42.7 Å². The molecule has 0 fully saturated rings. The number of rotatable bonds is 7. The molecule has 0 aliphatic heterocycles. The fraction of sp³-hybridized carbons (Fsp3) is 0.435. The number of hydrogen-bond donors (Lipinski definition) is 2. The molecule has 1 aromatic carbocycles. The van der Waals surface area contributed by atoms with Crippen LogP contribution in [-0.4, -0.2) is 35.7 Å². The van der Waals surface area contributed by atoms with Crippen molar-refractivity contribution in [2.45, 2.75) is 52.7 Å². The van der Waals surface area contributed by atoms with Crippen LogP contribution in [0.2, 0.25) is 0 Å². The molecule has 1 unspecified atom stereocenters. The molecule has 0 aliphatic rings. The molecule has 0 saturated heterocycles. The Hall–Kier alpha value is -3.09. The summed E-state index contributed by atoms with van der Waals surface area (Å²) in [5, 5.41) is 5.55. The summed E-state index contributed by atoms with van der Waals surface area (Å²) in [7, 11) is 1.58. The number of carbonyl (C=O) groups excluding carboxylic acids is 2. The van der Waals surface area contributed by atoms with Gasteiger partial charge in [-0.05, 0) is 62.9 Å². The zero-order valence-corrected chi connectivity index (χ0v) is 18.5. The van der Waals surface area contributed by atoms with Crippen LogP contribution in [-0.2, 0) is 9.53 Å². The first-order chi connectivity index (χ1) is 14.1. The van der Waals surface area contributed by atoms with Crippen LogP contribution in [0.3, 0.4) is 0 Å². The third-order valence-electron chi connectivity index (χ3n) is 4.17. The lowest BCUT2D eigenvalue weighted by Crippen LogP contribution is -2.46. The van der Waals surface area contributed by atoms with Gasteiger partial charge in [-0.1, -0.05) is 13.8 Å². The molecular formula is C23H31N3O4. The van der Waals surface area contributed by atoms with Crippen molar-refractivity contribution in [1.82, 2.24) is 10.3 Å². The third-order valence-corrected chi connectivity index (χ3v) is 4.17. The van der Waals surface area contributed by atoms with Crippen LogP contribution in [0.5, 0.6) is 5.75 Å². The number of anilines is 1. The Morgan fingerprint density at radius 1 is 1.10 bits per heavy atom. The zero-order valence-electron chi connectivity index (χ0n) is 18.5. The predicted octanol–water partition coefficient (Wildman–Crippen LogP) is 4.64. The minimum Gasteiger partial charge on any atom is -0.496 e. The van der Waals surface area contributed by atoms with Gasteiger partial charge in [-0.25, -0.2) is 4.79 Å². The number of aromatic nitrogens is 1. The largest absolute Gasteiger partial charge is 0.496 e. The first-order valence-electron chi connectivity index (χ1n) is 9.98. The van der Waals surface area contributed by atoms with E-state index < -0.39 is 17.7 Å². The van der Waals surface area contributed by atoms with Gasteiger partial charge >= 0.3 is 6.09 Å². The predicted molar refractivity (Wildman–Crippen MR) is 117 cm³/mol. The van der Waals surface area contributed by atoms with E-state index in [2.05, 4.69) is 15.6 Å². The molecule has 0 spiro atoms. The summed E-state index contributed by atoms with van der Waals surface area (Å²) in [5.41, 5.74) is 1.79. The Morgan fingerprint density at radius 3 is 2.33 bits per heavy atom. The molecule has 7 nitrogen and oxygen atoms in total. The quantitative estimate of drug-likeness (QED) is 0.690. The fourth-order valence-electron chi connectivity index (χ4n) is 2.92. The number of amides is 2. The summed E-state index contributed by atoms with van der Waals surface area (Å²) in [6.07, 6.45) is 3.29. The highest BCUT2D eigenvalue weighted by Gasteiger charge is 2.25. The molecule has 1 atom stereocenters. The highest BCUT2D eigenvalue weighted by molar-refractivity contribution is 5.97. The van der Waals surface area contributed by atoms with E-state index in [9.17, 15) is 9.59 Å². The number of methoxy groups -OCH3 is 1. The van der Waals surface area contributed by atoms with Crippen molar-refractivity contribution in [3.63, 3.8) is 0 Å². The van der Waals surface area contributed by atoms with Gasteiger partial charge in [0.25, 0.3) is 0 Å². The summed E-state index contributed by atoms with van der Waals surface area (Å²) < 4.78 is 10.8. The summed E-state index contributed by atoms with van der Waals surface area (Å²) in [6, 6.07) is 8.50. The maximum absolute atomic E-state index is 12.9. The van der Waals surface area contributed by atoms with Gasteiger partial charge in [-0.15, -0.1) is 0 Å². The second-order valence-electron chi connectivity index (χ2n) is 8.47. The maximum Gasteiger partial charge on any atom is 0.408 e. The third kappa shape index (κ3) is 7.06. The van der Waals surface area contributed by atoms with E-state index in [4.69, 9.17) is 9.47 Å². The topological polar surface area (TPSA) is 89.6 Å². The van der Waals surface area contributed by atoms with Gasteiger partial charge in [0.2, 0.25) is 5.91 Å². The van der Waals surface area contributed by atoms with Crippen LogP contribution >= 0.6 is 0 Å². The molecule has 2 rings (SSSR count). The number of carbonyl (C=O) groups is 2. The lowest BCUT2D eigenvalue weighted by atomic mass is 10.0. The zero-order chi connectivity index (χ0) is 22.3. The van der Waals surface area contributed by atoms with Crippen LogP contribution in [0.1, 0.15) is 41.0 Å². The molecule has 2 aromatic rings. The monoisotopic (exact) mass is 413 g/mol. The molecule has 162 valence electrons. The van der Waals surface area contributed by atoms with E-state index in [0.717, 1.165) is 11.1 Å². The molecule has 30 heavy (non-hydrogen) atoms. The first kappa shape index (κ1) is 23.2. The second kappa shape index (κ2) is 10.1. The van der Waals surface area contributed by atoms with Crippen molar-refractivity contribution in [2.24, 2.45) is 5.92 Å². The Balaban J connectivity index is 2.17. The average Bonchev–Trinajstić information content (AvgIpc) is 2.66. The number of nitrogens with one attached hydrogen (secondary N) is 2. The Labute approximate surface area is 178 Å². The van der Waals surface area contributed by atoms with E-state index in [1.165, 1.54) is 0 Å². The number of ether oxygens (including phenoxy) is 2. The molecule has 2 N–H and O–H groups in total. The maximum atomic E-state index is 12.9. The molecule has 1 aromatic heterocycles. The van der Waals surface area contributed by atoms with Gasteiger partial charge in [-0.2, -0.15) is 0 Å². The molecule has 7 heteroatoms. The van der Waals surface area contributed by atoms with Gasteiger partial charge in [0.1, 0.15) is 17.4 Å². The van der Waals surface area contributed by atoms with E-state index in [1.807, 2.05) is 32.0 Å². The van der Waals surface area contributed by atoms with E-state index in [1.54, 1.807) is 52.4 Å². The normalized spacial score (nSPS) is 12.2. The summed E-state index contributed by atoms with van der Waals surface area (Å²) >= 11 is 0. The van der Waals surface area contributed by atoms with Gasteiger partial charge in [0.15, 0.2) is 0 Å². The summed E-state index contributed by atoms with van der Waals surface area (Å²) in [5.74, 6) is 0.520. The molecule has 0 aliphatic carbocycles. The van der Waals surface area contributed by atoms with Crippen molar-refractivity contribution in [3.05, 3.63) is 42.7 Å². The van der Waals surface area contributed by atoms with Crippen LogP contribution in [0.25, 0.3) is 11.1 Å². The number of hydrogen-bond acceptors (Lipinski definition) is 5. The Kier molecular flexibility index (Phi) is 7.80. The Morgan fingerprint density at radius 2 is 1.77 bits per heavy atom. The lowest BCUT2D eigenvalue weighted by Gasteiger charge is -2.24. The van der Waals surface area contributed by atoms with Gasteiger partial charge in [0, 0.05) is 29.7 Å². The van der Waals surface area contributed by atoms with Crippen LogP contribution in [0, 0.1) is 5.92 Å². The van der Waals surface area contributed by atoms with Gasteiger partial charge in [-0.3, -0.25) is 9.78 Å². The molecule has 2 amide bonds. The molecular weight excluding hydrogens is 382 g/mol. The number of benzene rings is 1. The van der Waals surface area contributed by atoms with Gasteiger partial charge in [0.05, 0.1) is 7.11 Å². The SMILES string of the molecule is COc1cc(NC(=O)C(CC(C)C)NC(=O)OC(C)(C)C)ccc1-c1ccncc1. The van der Waals surface area contributed by atoms with Gasteiger partial charge < -0.3 is 20.1 Å². The lowest BCUT2D eigenvalue weighted by molar-refractivity contribution is -0.118. The van der Waals surface area contributed by atoms with Crippen LogP contribution < -0.4 is 15.4 Å². The minimum absolute atomic E-state index is 0.208. The van der Waals surface area contributed by atoms with E-state index >= 15 is 0 Å². The van der Waals surface area contributed by atoms with Crippen molar-refractivity contribution >= 4 is 17.7 Å². The number of nitrogens with zero attached hydrogens (tertiary/aromatic N) is 1. The number of pyridine rings is 1. The standard InChI is InChI=1S/C23H31N3O4/c1-15(2)13-19(26-22(28)30-23(3,4)5)21(27)25-17-7-8-18(20(14-17)29-6)16-9-11-24-12-10-16/h7-12,14-15,19H,13H2,1-6H3,(H,25,27)(H,26,28). The van der Waals surface area contributed by atoms with Crippen molar-refractivity contribution in [1.29, 1.82) is 0 Å². The average molecular weight is 414 g/mol. The van der Waals surface area contributed by atoms with Crippen LogP contribution in [0.4, 0.5) is 10.5 Å². The Bertz CT molecular complexity index is 860. The summed E-state index contributed by atoms with van der Waals surface area (Å²) in [6.45, 7) is 9.31. The first-order valence-corrected chi connectivity index (χ1v) is 9.98. The molecule has 1 heterocycles. The highest BCUT2D eigenvalue weighted by Crippen LogP contribution is 2.32. The molecule has 0 radical (unpaired) electrons. The number of alkyl carbamates (subject to hydrolysis) is 1. The highest BCUT2D eigenvalue weighted by atomic mass is 16.6. The smallest absolute Gasteiger partial charge is 0.408 e. The van der Waals surface area contributed by atoms with Crippen molar-refractivity contribution in [3.8, 4) is 16.9 Å². The molecule has 0 bridgehead atoms. The van der Waals surface area contributed by atoms with E-state index in [0.29, 0.717) is 17.9 Å². The second-order valence-corrected chi connectivity index (χ2v) is 8.47. The molecule has 0 saturated carbocycles. The van der Waals surface area contributed by atoms with Crippen molar-refractivity contribution in [2.75, 3.05) is 12.4 Å².